The molecule has 1 atom stereocenters. The number of nitrogens with zero attached hydrogens (tertiary/aromatic N) is 2. The van der Waals surface area contributed by atoms with E-state index in [9.17, 15) is 4.39 Å². The van der Waals surface area contributed by atoms with E-state index in [1.165, 1.54) is 29.4 Å². The normalized spacial score (nSPS) is 16.2. The zero-order valence-corrected chi connectivity index (χ0v) is 17.8. The molecule has 0 spiro atoms. The summed E-state index contributed by atoms with van der Waals surface area (Å²) in [4.78, 5) is 8.73. The van der Waals surface area contributed by atoms with E-state index >= 15 is 0 Å². The molecule has 3 aromatic rings. The Morgan fingerprint density at radius 1 is 1.28 bits per heavy atom. The van der Waals surface area contributed by atoms with Gasteiger partial charge in [-0.25, -0.2) is 14.4 Å². The highest BCUT2D eigenvalue weighted by atomic mass is 35.5. The second-order valence-electron chi connectivity index (χ2n) is 6.30. The summed E-state index contributed by atoms with van der Waals surface area (Å²) in [5, 5.41) is 4.03. The average molecular weight is 453 g/mol. The molecule has 1 aliphatic rings. The smallest absolute Gasteiger partial charge is 0.146 e. The van der Waals surface area contributed by atoms with E-state index < -0.39 is 5.82 Å². The molecule has 0 bridgehead atoms. The van der Waals surface area contributed by atoms with Gasteiger partial charge in [-0.2, -0.15) is 0 Å². The predicted molar refractivity (Wildman–Crippen MR) is 119 cm³/mol. The molecular weight excluding hydrogens is 435 g/mol. The molecule has 2 N–H and O–H groups in total. The van der Waals surface area contributed by atoms with Crippen molar-refractivity contribution in [2.75, 3.05) is 29.5 Å². The number of nitrogens with one attached hydrogen (secondary N) is 2. The van der Waals surface area contributed by atoms with Crippen LogP contribution in [0.2, 0.25) is 5.02 Å². The second-order valence-corrected chi connectivity index (χ2v) is 8.91. The third-order valence-electron chi connectivity index (χ3n) is 4.34. The van der Waals surface area contributed by atoms with Crippen LogP contribution in [0.4, 0.5) is 21.6 Å². The molecule has 152 valence electrons. The quantitative estimate of drug-likeness (QED) is 0.351. The van der Waals surface area contributed by atoms with E-state index in [0.717, 1.165) is 23.0 Å². The van der Waals surface area contributed by atoms with Crippen LogP contribution in [0.5, 0.6) is 5.75 Å². The number of fused-ring (bicyclic) bond motifs is 1. The summed E-state index contributed by atoms with van der Waals surface area (Å²) < 4.78 is 28.3. The summed E-state index contributed by atoms with van der Waals surface area (Å²) in [5.74, 6) is 0.831. The second kappa shape index (κ2) is 9.25. The molecule has 0 radical (unpaired) electrons. The van der Waals surface area contributed by atoms with Gasteiger partial charge in [-0.05, 0) is 30.5 Å². The first-order chi connectivity index (χ1) is 14.1. The van der Waals surface area contributed by atoms with Gasteiger partial charge in [0, 0.05) is 34.5 Å². The Morgan fingerprint density at radius 2 is 2.17 bits per heavy atom. The molecule has 2 aromatic carbocycles. The molecule has 6 nitrogen and oxygen atoms in total. The first kappa shape index (κ1) is 20.3. The lowest BCUT2D eigenvalue weighted by Crippen LogP contribution is -2.16. The van der Waals surface area contributed by atoms with Crippen molar-refractivity contribution in [2.24, 2.45) is 0 Å². The lowest BCUT2D eigenvalue weighted by molar-refractivity contribution is 0.142. The first-order valence-electron chi connectivity index (χ1n) is 8.85. The van der Waals surface area contributed by atoms with Gasteiger partial charge in [0.1, 0.15) is 29.8 Å². The van der Waals surface area contributed by atoms with Gasteiger partial charge in [0.15, 0.2) is 0 Å². The van der Waals surface area contributed by atoms with Gasteiger partial charge >= 0.3 is 0 Å². The number of aromatic nitrogens is 2. The lowest BCUT2D eigenvalue weighted by Gasteiger charge is -2.17. The van der Waals surface area contributed by atoms with Crippen LogP contribution in [-0.4, -0.2) is 35.5 Å². The maximum Gasteiger partial charge on any atom is 0.146 e. The van der Waals surface area contributed by atoms with Gasteiger partial charge in [-0.15, -0.1) is 0 Å². The molecule has 1 fully saturated rings. The Morgan fingerprint density at radius 3 is 2.93 bits per heavy atom. The van der Waals surface area contributed by atoms with Crippen molar-refractivity contribution < 1.29 is 13.9 Å². The zero-order chi connectivity index (χ0) is 20.2. The fourth-order valence-electron chi connectivity index (χ4n) is 2.94. The highest BCUT2D eigenvalue weighted by Gasteiger charge is 2.20. The van der Waals surface area contributed by atoms with Gasteiger partial charge in [0.25, 0.3) is 0 Å². The Kier molecular flexibility index (Phi) is 6.49. The number of hydrogen-bond acceptors (Lipinski definition) is 8. The molecule has 2 heterocycles. The minimum Gasteiger partial charge on any atom is -0.486 e. The van der Waals surface area contributed by atoms with Crippen LogP contribution < -0.4 is 14.8 Å². The third kappa shape index (κ3) is 4.80. The molecule has 0 amide bonds. The van der Waals surface area contributed by atoms with Gasteiger partial charge < -0.3 is 19.5 Å². The number of halogens is 2. The molecule has 10 heteroatoms. The zero-order valence-electron chi connectivity index (χ0n) is 15.4. The summed E-state index contributed by atoms with van der Waals surface area (Å²) >= 11 is 5.89. The van der Waals surface area contributed by atoms with Crippen molar-refractivity contribution in [3.05, 3.63) is 47.5 Å². The van der Waals surface area contributed by atoms with E-state index in [1.807, 2.05) is 18.4 Å². The number of anilines is 3. The SMILES string of the molecule is CSSNc1cc2c(Nc3ccc(F)c(Cl)c3)ncnc2cc1OC1CCOC1. The highest BCUT2D eigenvalue weighted by Crippen LogP contribution is 2.37. The van der Waals surface area contributed by atoms with Crippen molar-refractivity contribution >= 4 is 61.5 Å². The first-order valence-corrected chi connectivity index (χ1v) is 11.8. The van der Waals surface area contributed by atoms with Crippen molar-refractivity contribution in [1.82, 2.24) is 9.97 Å². The summed E-state index contributed by atoms with van der Waals surface area (Å²) in [7, 11) is 3.08. The van der Waals surface area contributed by atoms with Crippen molar-refractivity contribution in [1.29, 1.82) is 0 Å². The van der Waals surface area contributed by atoms with Crippen LogP contribution in [0.25, 0.3) is 10.9 Å². The van der Waals surface area contributed by atoms with Crippen LogP contribution in [0.3, 0.4) is 0 Å². The fraction of sp³-hybridized carbons (Fsp3) is 0.263. The standard InChI is InChI=1S/C19H18ClFN4O2S2/c1-28-29-25-17-7-13-16(8-18(17)27-12-4-5-26-9-12)22-10-23-19(13)24-11-2-3-15(21)14(20)6-11/h2-3,6-8,10,12,25H,4-5,9H2,1H3,(H,22,23,24). The summed E-state index contributed by atoms with van der Waals surface area (Å²) in [5.41, 5.74) is 2.18. The van der Waals surface area contributed by atoms with Gasteiger partial charge in [-0.1, -0.05) is 22.4 Å². The topological polar surface area (TPSA) is 68.3 Å². The predicted octanol–water partition coefficient (Wildman–Crippen LogP) is 5.67. The summed E-state index contributed by atoms with van der Waals surface area (Å²) in [6.45, 7) is 1.28. The molecule has 0 saturated carbocycles. The third-order valence-corrected chi connectivity index (χ3v) is 5.85. The van der Waals surface area contributed by atoms with Crippen molar-refractivity contribution in [2.45, 2.75) is 12.5 Å². The lowest BCUT2D eigenvalue weighted by atomic mass is 10.2. The number of ether oxygens (including phenoxy) is 2. The average Bonchev–Trinajstić information content (AvgIpc) is 3.22. The van der Waals surface area contributed by atoms with E-state index in [-0.39, 0.29) is 11.1 Å². The van der Waals surface area contributed by atoms with Gasteiger partial charge in [0.2, 0.25) is 0 Å². The van der Waals surface area contributed by atoms with Crippen LogP contribution >= 0.6 is 33.4 Å². The van der Waals surface area contributed by atoms with E-state index in [2.05, 4.69) is 20.0 Å². The van der Waals surface area contributed by atoms with Gasteiger partial charge in [-0.3, -0.25) is 0 Å². The molecule has 4 rings (SSSR count). The molecule has 0 aliphatic carbocycles. The van der Waals surface area contributed by atoms with Crippen LogP contribution in [0.15, 0.2) is 36.7 Å². The van der Waals surface area contributed by atoms with Gasteiger partial charge in [0.05, 0.1) is 29.4 Å². The van der Waals surface area contributed by atoms with Crippen molar-refractivity contribution in [3.8, 4) is 5.75 Å². The number of rotatable bonds is 7. The largest absolute Gasteiger partial charge is 0.486 e. The van der Waals surface area contributed by atoms with Crippen LogP contribution in [-0.2, 0) is 4.74 Å². The Bertz CT molecular complexity index is 1020. The van der Waals surface area contributed by atoms with Crippen LogP contribution in [0.1, 0.15) is 6.42 Å². The molecule has 1 saturated heterocycles. The fourth-order valence-corrected chi connectivity index (χ4v) is 3.98. The number of benzene rings is 2. The Hall–Kier alpha value is -1.94. The maximum atomic E-state index is 13.5. The maximum absolute atomic E-state index is 13.5. The minimum absolute atomic E-state index is 0.0214. The summed E-state index contributed by atoms with van der Waals surface area (Å²) in [6.07, 6.45) is 4.34. The highest BCUT2D eigenvalue weighted by molar-refractivity contribution is 8.76. The molecule has 1 unspecified atom stereocenters. The number of hydrogen-bond donors (Lipinski definition) is 2. The molecule has 1 aromatic heterocycles. The van der Waals surface area contributed by atoms with Crippen LogP contribution in [0, 0.1) is 5.82 Å². The molecule has 29 heavy (non-hydrogen) atoms. The van der Waals surface area contributed by atoms with E-state index in [4.69, 9.17) is 21.1 Å². The Balaban J connectivity index is 1.70. The minimum atomic E-state index is -0.469. The summed E-state index contributed by atoms with van der Waals surface area (Å²) in [6, 6.07) is 8.27. The monoisotopic (exact) mass is 452 g/mol. The molecule has 1 aliphatic heterocycles. The molecular formula is C19H18ClFN4O2S2. The van der Waals surface area contributed by atoms with E-state index in [1.54, 1.807) is 16.9 Å². The van der Waals surface area contributed by atoms with E-state index in [0.29, 0.717) is 30.5 Å². The Labute approximate surface area is 180 Å². The van der Waals surface area contributed by atoms with Crippen molar-refractivity contribution in [3.63, 3.8) is 0 Å².